The molecule has 1 atom stereocenters. The molecular weight excluding hydrogens is 378 g/mol. The maximum atomic E-state index is 12.1. The predicted octanol–water partition coefficient (Wildman–Crippen LogP) is 1.93. The normalized spacial score (nSPS) is 17.0. The number of amidine groups is 1. The lowest BCUT2D eigenvalue weighted by Crippen LogP contribution is -2.25. The van der Waals surface area contributed by atoms with Crippen molar-refractivity contribution < 1.29 is 9.59 Å². The van der Waals surface area contributed by atoms with E-state index in [0.29, 0.717) is 21.4 Å². The Kier molecular flexibility index (Phi) is 4.00. The molecular formula is C15H12ClN7O2S. The Labute approximate surface area is 156 Å². The number of pyridine rings is 1. The zero-order chi connectivity index (χ0) is 18.4. The Morgan fingerprint density at radius 3 is 2.81 bits per heavy atom. The first kappa shape index (κ1) is 16.7. The second kappa shape index (κ2) is 6.22. The molecule has 0 aliphatic carbocycles. The monoisotopic (exact) mass is 389 g/mol. The van der Waals surface area contributed by atoms with Crippen LogP contribution in [0.1, 0.15) is 24.8 Å². The molecule has 0 fully saturated rings. The zero-order valence-electron chi connectivity index (χ0n) is 13.7. The van der Waals surface area contributed by atoms with E-state index >= 15 is 0 Å². The Bertz CT molecular complexity index is 1100. The number of carbonyl (C=O) groups excluding carboxylic acids is 2. The van der Waals surface area contributed by atoms with Crippen molar-refractivity contribution in [1.29, 1.82) is 0 Å². The highest BCUT2D eigenvalue weighted by molar-refractivity contribution is 8.14. The van der Waals surface area contributed by atoms with Gasteiger partial charge in [0, 0.05) is 29.8 Å². The maximum absolute atomic E-state index is 12.1. The van der Waals surface area contributed by atoms with Gasteiger partial charge in [-0.05, 0) is 34.7 Å². The van der Waals surface area contributed by atoms with Crippen LogP contribution in [0.25, 0.3) is 16.6 Å². The summed E-state index contributed by atoms with van der Waals surface area (Å²) in [6.07, 6.45) is 0. The molecule has 0 radical (unpaired) electrons. The number of fused-ring (bicyclic) bond motifs is 3. The van der Waals surface area contributed by atoms with Gasteiger partial charge in [-0.2, -0.15) is 4.52 Å². The van der Waals surface area contributed by atoms with E-state index in [0.717, 1.165) is 10.9 Å². The molecule has 11 heteroatoms. The molecule has 132 valence electrons. The summed E-state index contributed by atoms with van der Waals surface area (Å²) >= 11 is 7.36. The molecule has 0 saturated heterocycles. The Hall–Kier alpha value is -2.72. The SMILES string of the molecule is CC(=O)NC1=NN(C(C)=O)C(c2cc3cc(Cl)ccc3n3nnnc23)S1. The number of aromatic nitrogens is 4. The third-order valence-corrected chi connectivity index (χ3v) is 5.09. The number of hydrogen-bond acceptors (Lipinski definition) is 7. The standard InChI is InChI=1S/C15H12ClN7O2S/c1-7(24)17-15-19-22(8(2)25)14(26-15)11-6-9-5-10(16)3-4-12(9)23-13(11)18-20-21-23/h3-6,14H,1-2H3,(H,17,19,24). The van der Waals surface area contributed by atoms with Gasteiger partial charge in [0.05, 0.1) is 5.52 Å². The van der Waals surface area contributed by atoms with E-state index < -0.39 is 5.37 Å². The van der Waals surface area contributed by atoms with Gasteiger partial charge in [-0.1, -0.05) is 23.4 Å². The van der Waals surface area contributed by atoms with Crippen LogP contribution >= 0.6 is 23.4 Å². The van der Waals surface area contributed by atoms with E-state index in [2.05, 4.69) is 25.9 Å². The van der Waals surface area contributed by atoms with Crippen LogP contribution in [0.15, 0.2) is 29.4 Å². The molecule has 1 aliphatic rings. The van der Waals surface area contributed by atoms with Crippen LogP contribution in [0.4, 0.5) is 0 Å². The summed E-state index contributed by atoms with van der Waals surface area (Å²) in [4.78, 5) is 23.4. The number of amides is 2. The minimum Gasteiger partial charge on any atom is -0.304 e. The van der Waals surface area contributed by atoms with Gasteiger partial charge in [-0.15, -0.1) is 10.2 Å². The molecule has 2 amide bonds. The number of halogens is 1. The molecule has 1 aromatic carbocycles. The summed E-state index contributed by atoms with van der Waals surface area (Å²) in [5.41, 5.74) is 1.98. The second-order valence-electron chi connectivity index (χ2n) is 5.64. The van der Waals surface area contributed by atoms with Crippen LogP contribution in [0.3, 0.4) is 0 Å². The van der Waals surface area contributed by atoms with Crippen molar-refractivity contribution in [3.05, 3.63) is 34.9 Å². The van der Waals surface area contributed by atoms with Gasteiger partial charge in [-0.3, -0.25) is 9.59 Å². The topological polar surface area (TPSA) is 105 Å². The average Bonchev–Trinajstić information content (AvgIpc) is 3.20. The summed E-state index contributed by atoms with van der Waals surface area (Å²) < 4.78 is 1.59. The zero-order valence-corrected chi connectivity index (χ0v) is 15.2. The van der Waals surface area contributed by atoms with Crippen LogP contribution < -0.4 is 5.32 Å². The molecule has 1 unspecified atom stereocenters. The fourth-order valence-electron chi connectivity index (χ4n) is 2.74. The van der Waals surface area contributed by atoms with E-state index in [1.54, 1.807) is 16.6 Å². The van der Waals surface area contributed by atoms with Crippen molar-refractivity contribution >= 4 is 56.9 Å². The van der Waals surface area contributed by atoms with Crippen LogP contribution in [-0.4, -0.2) is 42.0 Å². The van der Waals surface area contributed by atoms with Crippen LogP contribution in [0, 0.1) is 0 Å². The first-order valence-electron chi connectivity index (χ1n) is 7.57. The van der Waals surface area contributed by atoms with Gasteiger partial charge in [0.2, 0.25) is 11.8 Å². The van der Waals surface area contributed by atoms with Crippen LogP contribution in [0.2, 0.25) is 5.02 Å². The summed E-state index contributed by atoms with van der Waals surface area (Å²) in [5, 5.41) is 21.2. The van der Waals surface area contributed by atoms with Gasteiger partial charge in [-0.25, -0.2) is 5.01 Å². The molecule has 9 nitrogen and oxygen atoms in total. The Morgan fingerprint density at radius 1 is 1.27 bits per heavy atom. The van der Waals surface area contributed by atoms with Gasteiger partial charge in [0.15, 0.2) is 10.8 Å². The number of nitrogens with zero attached hydrogens (tertiary/aromatic N) is 6. The minimum atomic E-state index is -0.508. The molecule has 26 heavy (non-hydrogen) atoms. The number of carbonyl (C=O) groups is 2. The summed E-state index contributed by atoms with van der Waals surface area (Å²) in [5.74, 6) is -0.528. The molecule has 3 aromatic rings. The fraction of sp³-hybridized carbons (Fsp3) is 0.200. The lowest BCUT2D eigenvalue weighted by molar-refractivity contribution is -0.129. The molecule has 0 bridgehead atoms. The lowest BCUT2D eigenvalue weighted by Gasteiger charge is -2.19. The van der Waals surface area contributed by atoms with E-state index in [4.69, 9.17) is 11.6 Å². The molecule has 1 aliphatic heterocycles. The number of nitrogens with one attached hydrogen (secondary N) is 1. The van der Waals surface area contributed by atoms with E-state index in [1.165, 1.54) is 30.6 Å². The highest BCUT2D eigenvalue weighted by atomic mass is 35.5. The van der Waals surface area contributed by atoms with Crippen molar-refractivity contribution in [2.24, 2.45) is 5.10 Å². The van der Waals surface area contributed by atoms with Crippen LogP contribution in [-0.2, 0) is 9.59 Å². The lowest BCUT2D eigenvalue weighted by atomic mass is 10.1. The van der Waals surface area contributed by atoms with E-state index in [9.17, 15) is 9.59 Å². The number of benzene rings is 1. The first-order chi connectivity index (χ1) is 12.4. The highest BCUT2D eigenvalue weighted by Crippen LogP contribution is 2.41. The highest BCUT2D eigenvalue weighted by Gasteiger charge is 2.34. The molecule has 2 aromatic heterocycles. The van der Waals surface area contributed by atoms with Crippen molar-refractivity contribution in [3.63, 3.8) is 0 Å². The molecule has 1 N–H and O–H groups in total. The quantitative estimate of drug-likeness (QED) is 0.681. The van der Waals surface area contributed by atoms with Gasteiger partial charge >= 0.3 is 0 Å². The fourth-order valence-corrected chi connectivity index (χ4v) is 4.07. The summed E-state index contributed by atoms with van der Waals surface area (Å²) in [7, 11) is 0. The number of hydrazone groups is 1. The van der Waals surface area contributed by atoms with Crippen molar-refractivity contribution in [2.75, 3.05) is 0 Å². The van der Waals surface area contributed by atoms with E-state index in [-0.39, 0.29) is 11.8 Å². The number of thioether (sulfide) groups is 1. The van der Waals surface area contributed by atoms with Crippen molar-refractivity contribution in [2.45, 2.75) is 19.2 Å². The van der Waals surface area contributed by atoms with Gasteiger partial charge in [0.25, 0.3) is 0 Å². The number of tetrazole rings is 1. The summed E-state index contributed by atoms with van der Waals surface area (Å²) in [6, 6.07) is 7.27. The van der Waals surface area contributed by atoms with Gasteiger partial charge in [0.1, 0.15) is 5.37 Å². The number of hydrogen-bond donors (Lipinski definition) is 1. The van der Waals surface area contributed by atoms with E-state index in [1.807, 2.05) is 12.1 Å². The average molecular weight is 390 g/mol. The third kappa shape index (κ3) is 2.76. The maximum Gasteiger partial charge on any atom is 0.241 e. The van der Waals surface area contributed by atoms with Gasteiger partial charge < -0.3 is 5.32 Å². The van der Waals surface area contributed by atoms with Crippen molar-refractivity contribution in [1.82, 2.24) is 30.4 Å². The van der Waals surface area contributed by atoms with Crippen LogP contribution in [0.5, 0.6) is 0 Å². The molecule has 0 saturated carbocycles. The first-order valence-corrected chi connectivity index (χ1v) is 8.82. The Balaban J connectivity index is 1.88. The largest absolute Gasteiger partial charge is 0.304 e. The molecule has 4 rings (SSSR count). The third-order valence-electron chi connectivity index (χ3n) is 3.77. The Morgan fingerprint density at radius 2 is 2.08 bits per heavy atom. The summed E-state index contributed by atoms with van der Waals surface area (Å²) in [6.45, 7) is 2.79. The predicted molar refractivity (Wildman–Crippen MR) is 97.4 cm³/mol. The second-order valence-corrected chi connectivity index (χ2v) is 7.14. The molecule has 0 spiro atoms. The minimum absolute atomic E-state index is 0.264. The number of rotatable bonds is 1. The van der Waals surface area contributed by atoms with Crippen molar-refractivity contribution in [3.8, 4) is 0 Å². The molecule has 3 heterocycles. The smallest absolute Gasteiger partial charge is 0.241 e.